The fourth-order valence-electron chi connectivity index (χ4n) is 2.60. The van der Waals surface area contributed by atoms with Gasteiger partial charge in [-0.1, -0.05) is 12.8 Å². The Labute approximate surface area is 117 Å². The average Bonchev–Trinajstić information content (AvgIpc) is 2.92. The Morgan fingerprint density at radius 2 is 1.95 bits per heavy atom. The molecule has 2 rings (SSSR count). The van der Waals surface area contributed by atoms with Crippen molar-refractivity contribution in [2.45, 2.75) is 51.6 Å². The third-order valence-corrected chi connectivity index (χ3v) is 3.62. The lowest BCUT2D eigenvalue weighted by molar-refractivity contribution is -0.126. The van der Waals surface area contributed by atoms with Crippen LogP contribution in [0.1, 0.15) is 54.0 Å². The first kappa shape index (κ1) is 14.6. The van der Waals surface area contributed by atoms with Gasteiger partial charge in [-0.2, -0.15) is 0 Å². The molecule has 110 valence electrons. The summed E-state index contributed by atoms with van der Waals surface area (Å²) >= 11 is 0. The van der Waals surface area contributed by atoms with Gasteiger partial charge in [0.1, 0.15) is 11.5 Å². The number of carbonyl (C=O) groups is 2. The van der Waals surface area contributed by atoms with Crippen LogP contribution in [0.25, 0.3) is 0 Å². The Balaban J connectivity index is 1.84. The number of amides is 2. The van der Waals surface area contributed by atoms with Crippen molar-refractivity contribution in [1.82, 2.24) is 10.9 Å². The number of furan rings is 1. The van der Waals surface area contributed by atoms with Gasteiger partial charge in [0.2, 0.25) is 5.91 Å². The predicted octanol–water partition coefficient (Wildman–Crippen LogP) is 1.35. The molecule has 0 aliphatic heterocycles. The van der Waals surface area contributed by atoms with E-state index in [0.29, 0.717) is 29.9 Å². The molecule has 0 saturated heterocycles. The fraction of sp³-hybridized carbons (Fsp3) is 0.571. The zero-order valence-electron chi connectivity index (χ0n) is 11.8. The molecule has 0 aromatic carbocycles. The summed E-state index contributed by atoms with van der Waals surface area (Å²) in [6.45, 7) is 3.43. The van der Waals surface area contributed by atoms with Gasteiger partial charge in [0, 0.05) is 0 Å². The van der Waals surface area contributed by atoms with Crippen LogP contribution >= 0.6 is 0 Å². The van der Waals surface area contributed by atoms with E-state index < -0.39 is 11.5 Å². The van der Waals surface area contributed by atoms with Crippen LogP contribution in [0.4, 0.5) is 0 Å². The number of aryl methyl sites for hydroxylation is 2. The highest BCUT2D eigenvalue weighted by Gasteiger charge is 2.33. The largest absolute Gasteiger partial charge is 0.466 e. The second kappa shape index (κ2) is 5.66. The molecule has 1 aliphatic carbocycles. The molecule has 1 aliphatic rings. The standard InChI is InChI=1S/C14H20N2O4/c1-9-7-11(10(2)20-9)13(18)16-15-12(17)8-14(19)5-3-4-6-14/h7,19H,3-6,8H2,1-2H3,(H,15,17)(H,16,18). The molecule has 0 radical (unpaired) electrons. The van der Waals surface area contributed by atoms with Crippen molar-refractivity contribution < 1.29 is 19.1 Å². The van der Waals surface area contributed by atoms with E-state index in [1.807, 2.05) is 0 Å². The Morgan fingerprint density at radius 3 is 2.50 bits per heavy atom. The number of hydrazine groups is 1. The molecule has 0 spiro atoms. The molecule has 1 saturated carbocycles. The van der Waals surface area contributed by atoms with Crippen molar-refractivity contribution in [2.75, 3.05) is 0 Å². The van der Waals surface area contributed by atoms with Crippen LogP contribution in [0.3, 0.4) is 0 Å². The fourth-order valence-corrected chi connectivity index (χ4v) is 2.60. The average molecular weight is 280 g/mol. The summed E-state index contributed by atoms with van der Waals surface area (Å²) in [4.78, 5) is 23.6. The quantitative estimate of drug-likeness (QED) is 0.729. The SMILES string of the molecule is Cc1cc(C(=O)NNC(=O)CC2(O)CCCC2)c(C)o1. The molecule has 0 atom stereocenters. The Bertz CT molecular complexity index is 515. The summed E-state index contributed by atoms with van der Waals surface area (Å²) in [6, 6.07) is 1.61. The van der Waals surface area contributed by atoms with E-state index >= 15 is 0 Å². The second-order valence-electron chi connectivity index (χ2n) is 5.44. The first-order valence-electron chi connectivity index (χ1n) is 6.78. The lowest BCUT2D eigenvalue weighted by atomic mass is 9.98. The summed E-state index contributed by atoms with van der Waals surface area (Å²) in [6.07, 6.45) is 3.15. The van der Waals surface area contributed by atoms with Gasteiger partial charge in [0.15, 0.2) is 0 Å². The van der Waals surface area contributed by atoms with E-state index in [-0.39, 0.29) is 12.3 Å². The summed E-state index contributed by atoms with van der Waals surface area (Å²) in [7, 11) is 0. The van der Waals surface area contributed by atoms with Gasteiger partial charge >= 0.3 is 0 Å². The molecule has 0 unspecified atom stereocenters. The van der Waals surface area contributed by atoms with Gasteiger partial charge in [0.25, 0.3) is 5.91 Å². The highest BCUT2D eigenvalue weighted by Crippen LogP contribution is 2.32. The monoisotopic (exact) mass is 280 g/mol. The number of hydrogen-bond acceptors (Lipinski definition) is 4. The summed E-state index contributed by atoms with van der Waals surface area (Å²) < 4.78 is 5.25. The van der Waals surface area contributed by atoms with Crippen LogP contribution in [0, 0.1) is 13.8 Å². The maximum atomic E-state index is 11.9. The van der Waals surface area contributed by atoms with Crippen molar-refractivity contribution in [3.05, 3.63) is 23.2 Å². The number of aliphatic hydroxyl groups is 1. The number of rotatable bonds is 3. The molecule has 6 heteroatoms. The molecular weight excluding hydrogens is 260 g/mol. The molecule has 1 heterocycles. The zero-order chi connectivity index (χ0) is 14.8. The Kier molecular flexibility index (Phi) is 4.13. The number of nitrogens with one attached hydrogen (secondary N) is 2. The van der Waals surface area contributed by atoms with Crippen LogP contribution in [0.15, 0.2) is 10.5 Å². The Morgan fingerprint density at radius 1 is 1.30 bits per heavy atom. The lowest BCUT2D eigenvalue weighted by Crippen LogP contribution is -2.44. The summed E-state index contributed by atoms with van der Waals surface area (Å²) in [5, 5.41) is 10.1. The van der Waals surface area contributed by atoms with Crippen LogP contribution in [0.2, 0.25) is 0 Å². The van der Waals surface area contributed by atoms with Gasteiger partial charge in [-0.3, -0.25) is 20.4 Å². The van der Waals surface area contributed by atoms with Crippen LogP contribution in [0.5, 0.6) is 0 Å². The normalized spacial score (nSPS) is 16.9. The van der Waals surface area contributed by atoms with E-state index in [1.54, 1.807) is 19.9 Å². The molecule has 2 amide bonds. The second-order valence-corrected chi connectivity index (χ2v) is 5.44. The Hall–Kier alpha value is -1.82. The minimum Gasteiger partial charge on any atom is -0.466 e. The molecule has 6 nitrogen and oxygen atoms in total. The number of hydrogen-bond donors (Lipinski definition) is 3. The van der Waals surface area contributed by atoms with Crippen molar-refractivity contribution in [1.29, 1.82) is 0 Å². The predicted molar refractivity (Wildman–Crippen MR) is 71.8 cm³/mol. The number of carbonyl (C=O) groups excluding carboxylic acids is 2. The summed E-state index contributed by atoms with van der Waals surface area (Å²) in [5.74, 6) is 0.328. The molecule has 1 aromatic rings. The maximum Gasteiger partial charge on any atom is 0.273 e. The van der Waals surface area contributed by atoms with E-state index in [1.165, 1.54) is 0 Å². The highest BCUT2D eigenvalue weighted by molar-refractivity contribution is 5.96. The van der Waals surface area contributed by atoms with Crippen molar-refractivity contribution in [2.24, 2.45) is 0 Å². The van der Waals surface area contributed by atoms with E-state index in [4.69, 9.17) is 4.42 Å². The van der Waals surface area contributed by atoms with Crippen molar-refractivity contribution in [3.63, 3.8) is 0 Å². The third kappa shape index (κ3) is 3.39. The van der Waals surface area contributed by atoms with Crippen LogP contribution < -0.4 is 10.9 Å². The minimum atomic E-state index is -0.920. The van der Waals surface area contributed by atoms with Crippen LogP contribution in [-0.4, -0.2) is 22.5 Å². The highest BCUT2D eigenvalue weighted by atomic mass is 16.3. The maximum absolute atomic E-state index is 11.9. The van der Waals surface area contributed by atoms with Gasteiger partial charge in [-0.15, -0.1) is 0 Å². The molecule has 3 N–H and O–H groups in total. The first-order valence-corrected chi connectivity index (χ1v) is 6.78. The van der Waals surface area contributed by atoms with Gasteiger partial charge in [-0.25, -0.2) is 0 Å². The third-order valence-electron chi connectivity index (χ3n) is 3.62. The first-order chi connectivity index (χ1) is 9.39. The molecule has 20 heavy (non-hydrogen) atoms. The van der Waals surface area contributed by atoms with E-state index in [0.717, 1.165) is 12.8 Å². The summed E-state index contributed by atoms with van der Waals surface area (Å²) in [5.41, 5.74) is 4.14. The van der Waals surface area contributed by atoms with E-state index in [9.17, 15) is 14.7 Å². The zero-order valence-corrected chi connectivity index (χ0v) is 11.8. The smallest absolute Gasteiger partial charge is 0.273 e. The van der Waals surface area contributed by atoms with Gasteiger partial charge < -0.3 is 9.52 Å². The minimum absolute atomic E-state index is 0.0106. The van der Waals surface area contributed by atoms with Crippen molar-refractivity contribution >= 4 is 11.8 Å². The van der Waals surface area contributed by atoms with Gasteiger partial charge in [0.05, 0.1) is 17.6 Å². The van der Waals surface area contributed by atoms with Crippen molar-refractivity contribution in [3.8, 4) is 0 Å². The molecule has 0 bridgehead atoms. The topological polar surface area (TPSA) is 91.6 Å². The molecule has 1 aromatic heterocycles. The lowest BCUT2D eigenvalue weighted by Gasteiger charge is -2.21. The van der Waals surface area contributed by atoms with Gasteiger partial charge in [-0.05, 0) is 32.8 Å². The van der Waals surface area contributed by atoms with E-state index in [2.05, 4.69) is 10.9 Å². The van der Waals surface area contributed by atoms with Crippen LogP contribution in [-0.2, 0) is 4.79 Å². The molecule has 1 fully saturated rings. The molecular formula is C14H20N2O4.